The van der Waals surface area contributed by atoms with E-state index in [1.54, 1.807) is 0 Å². The molecule has 0 aromatic carbocycles. The molecule has 324 valence electrons. The average molecular weight is 795 g/mol. The van der Waals surface area contributed by atoms with Crippen LogP contribution in [0.3, 0.4) is 0 Å². The molecular formula is C39H74N2O14. The van der Waals surface area contributed by atoms with Crippen LogP contribution in [-0.4, -0.2) is 151 Å². The van der Waals surface area contributed by atoms with Crippen molar-refractivity contribution >= 4 is 23.8 Å². The summed E-state index contributed by atoms with van der Waals surface area (Å²) in [5, 5.41) is 32.0. The van der Waals surface area contributed by atoms with Gasteiger partial charge >= 0.3 is 11.9 Å². The third-order valence-corrected chi connectivity index (χ3v) is 8.37. The van der Waals surface area contributed by atoms with Crippen molar-refractivity contribution in [3.05, 3.63) is 0 Å². The molecule has 0 fully saturated rings. The van der Waals surface area contributed by atoms with E-state index in [4.69, 9.17) is 43.4 Å². The second kappa shape index (κ2) is 42.7. The Morgan fingerprint density at radius 1 is 0.418 bits per heavy atom. The number of amides is 2. The first-order valence-electron chi connectivity index (χ1n) is 20.5. The Balaban J connectivity index is 3.53. The van der Waals surface area contributed by atoms with E-state index in [9.17, 15) is 24.3 Å². The van der Waals surface area contributed by atoms with E-state index in [1.807, 2.05) is 0 Å². The van der Waals surface area contributed by atoms with Crippen LogP contribution in [0, 0.1) is 0 Å². The smallest absolute Gasteiger partial charge is 0.326 e. The Bertz CT molecular complexity index is 899. The molecule has 0 aromatic heterocycles. The predicted octanol–water partition coefficient (Wildman–Crippen LogP) is 3.89. The first-order chi connectivity index (χ1) is 26.9. The highest BCUT2D eigenvalue weighted by molar-refractivity contribution is 5.84. The topological polar surface area (TPSA) is 218 Å². The Morgan fingerprint density at radius 2 is 0.764 bits per heavy atom. The molecule has 0 aliphatic heterocycles. The predicted molar refractivity (Wildman–Crippen MR) is 206 cm³/mol. The molecule has 0 aliphatic carbocycles. The number of aliphatic hydroxyl groups excluding tert-OH is 1. The van der Waals surface area contributed by atoms with Gasteiger partial charge in [0, 0.05) is 25.8 Å². The molecule has 1 atom stereocenters. The Kier molecular flexibility index (Phi) is 40.8. The molecule has 0 bridgehead atoms. The van der Waals surface area contributed by atoms with Crippen LogP contribution >= 0.6 is 0 Å². The average Bonchev–Trinajstić information content (AvgIpc) is 3.16. The Morgan fingerprint density at radius 3 is 1.13 bits per heavy atom. The SMILES string of the molecule is O=C(O)CCCCCCCCCCCCCCCCC(=O)N[C@@H](CCC(=O)NCCOCCOCCOCCOCCOCCOCCOCCO)C(=O)O. The number of ether oxygens (including phenoxy) is 7. The van der Waals surface area contributed by atoms with Crippen LogP contribution in [0.25, 0.3) is 0 Å². The van der Waals surface area contributed by atoms with E-state index in [2.05, 4.69) is 10.6 Å². The molecular weight excluding hydrogens is 720 g/mol. The summed E-state index contributed by atoms with van der Waals surface area (Å²) in [7, 11) is 0. The molecule has 0 aromatic rings. The molecule has 0 spiro atoms. The van der Waals surface area contributed by atoms with E-state index in [1.165, 1.54) is 44.9 Å². The van der Waals surface area contributed by atoms with E-state index >= 15 is 0 Å². The minimum atomic E-state index is -1.16. The summed E-state index contributed by atoms with van der Waals surface area (Å²) in [5.41, 5.74) is 0. The van der Waals surface area contributed by atoms with Crippen molar-refractivity contribution in [2.24, 2.45) is 0 Å². The highest BCUT2D eigenvalue weighted by Gasteiger charge is 2.20. The molecule has 0 aliphatic rings. The first kappa shape index (κ1) is 52.6. The van der Waals surface area contributed by atoms with Crippen LogP contribution in [0.4, 0.5) is 0 Å². The second-order valence-electron chi connectivity index (χ2n) is 13.2. The number of rotatable bonds is 45. The number of hydrogen-bond acceptors (Lipinski definition) is 12. The maximum atomic E-state index is 12.3. The minimum Gasteiger partial charge on any atom is -0.481 e. The summed E-state index contributed by atoms with van der Waals surface area (Å²) in [4.78, 5) is 46.6. The zero-order valence-electron chi connectivity index (χ0n) is 33.5. The van der Waals surface area contributed by atoms with Crippen molar-refractivity contribution in [2.45, 2.75) is 122 Å². The molecule has 2 amide bonds. The number of carboxylic acids is 2. The minimum absolute atomic E-state index is 0.00630. The molecule has 0 saturated carbocycles. The number of unbranched alkanes of at least 4 members (excludes halogenated alkanes) is 13. The summed E-state index contributed by atoms with van der Waals surface area (Å²) in [6.07, 6.45) is 15.8. The number of hydrogen-bond donors (Lipinski definition) is 5. The van der Waals surface area contributed by atoms with Crippen LogP contribution in [0.1, 0.15) is 116 Å². The number of aliphatic hydroxyl groups is 1. The number of nitrogens with one attached hydrogen (secondary N) is 2. The molecule has 5 N–H and O–H groups in total. The molecule has 16 nitrogen and oxygen atoms in total. The van der Waals surface area contributed by atoms with Gasteiger partial charge in [0.15, 0.2) is 0 Å². The van der Waals surface area contributed by atoms with Crippen LogP contribution < -0.4 is 10.6 Å². The maximum Gasteiger partial charge on any atom is 0.326 e. The van der Waals surface area contributed by atoms with E-state index in [0.717, 1.165) is 38.5 Å². The molecule has 0 saturated heterocycles. The fourth-order valence-electron chi connectivity index (χ4n) is 5.32. The largest absolute Gasteiger partial charge is 0.481 e. The highest BCUT2D eigenvalue weighted by atomic mass is 16.6. The number of carbonyl (C=O) groups excluding carboxylic acids is 2. The first-order valence-corrected chi connectivity index (χ1v) is 20.5. The summed E-state index contributed by atoms with van der Waals surface area (Å²) >= 11 is 0. The maximum absolute atomic E-state index is 12.3. The van der Waals surface area contributed by atoms with Gasteiger partial charge in [-0.05, 0) is 19.3 Å². The molecule has 0 rings (SSSR count). The fraction of sp³-hybridized carbons (Fsp3) is 0.897. The van der Waals surface area contributed by atoms with E-state index in [0.29, 0.717) is 98.9 Å². The third-order valence-electron chi connectivity index (χ3n) is 8.37. The number of aliphatic carboxylic acids is 2. The van der Waals surface area contributed by atoms with Gasteiger partial charge in [-0.15, -0.1) is 0 Å². The van der Waals surface area contributed by atoms with Gasteiger partial charge in [-0.2, -0.15) is 0 Å². The summed E-state index contributed by atoms with van der Waals surface area (Å²) in [5.74, 6) is -2.47. The molecule has 0 heterocycles. The zero-order valence-corrected chi connectivity index (χ0v) is 33.5. The molecule has 0 radical (unpaired) electrons. The normalized spacial score (nSPS) is 11.8. The summed E-state index contributed by atoms with van der Waals surface area (Å²) in [6, 6.07) is -1.10. The van der Waals surface area contributed by atoms with Gasteiger partial charge in [-0.25, -0.2) is 4.79 Å². The van der Waals surface area contributed by atoms with Crippen molar-refractivity contribution in [3.8, 4) is 0 Å². The van der Waals surface area contributed by atoms with Gasteiger partial charge in [0.25, 0.3) is 0 Å². The van der Waals surface area contributed by atoms with Gasteiger partial charge in [0.2, 0.25) is 11.8 Å². The number of carbonyl (C=O) groups is 4. The Hall–Kier alpha value is -2.44. The lowest BCUT2D eigenvalue weighted by molar-refractivity contribution is -0.142. The van der Waals surface area contributed by atoms with Gasteiger partial charge in [0.1, 0.15) is 6.04 Å². The molecule has 16 heteroatoms. The highest BCUT2D eigenvalue weighted by Crippen LogP contribution is 2.14. The van der Waals surface area contributed by atoms with Crippen molar-refractivity contribution in [1.29, 1.82) is 0 Å². The van der Waals surface area contributed by atoms with Crippen LogP contribution in [0.2, 0.25) is 0 Å². The quantitative estimate of drug-likeness (QED) is 0.0553. The zero-order chi connectivity index (χ0) is 40.3. The van der Waals surface area contributed by atoms with Crippen LogP contribution in [-0.2, 0) is 52.3 Å². The second-order valence-corrected chi connectivity index (χ2v) is 13.2. The van der Waals surface area contributed by atoms with Crippen molar-refractivity contribution in [1.82, 2.24) is 10.6 Å². The monoisotopic (exact) mass is 795 g/mol. The van der Waals surface area contributed by atoms with Gasteiger partial charge in [-0.1, -0.05) is 77.0 Å². The van der Waals surface area contributed by atoms with Gasteiger partial charge in [0.05, 0.1) is 99.1 Å². The fourth-order valence-corrected chi connectivity index (χ4v) is 5.32. The standard InChI is InChI=1S/C39H74N2O14/c42-20-22-50-24-26-52-28-30-54-32-34-55-33-31-53-29-27-51-25-23-49-21-19-40-36(43)18-17-35(39(47)48)41-37(44)15-13-11-9-7-5-3-1-2-4-6-8-10-12-14-16-38(45)46/h35,42H,1-34H2,(H,40,43)(H,41,44)(H,45,46)(H,47,48)/t35-/m0/s1. The van der Waals surface area contributed by atoms with Crippen LogP contribution in [0.15, 0.2) is 0 Å². The number of carboxylic acid groups (broad SMARTS) is 2. The van der Waals surface area contributed by atoms with Crippen molar-refractivity contribution < 1.29 is 67.7 Å². The Labute approximate surface area is 329 Å². The van der Waals surface area contributed by atoms with E-state index < -0.39 is 18.0 Å². The van der Waals surface area contributed by atoms with Crippen molar-refractivity contribution in [2.75, 3.05) is 106 Å². The lowest BCUT2D eigenvalue weighted by Crippen LogP contribution is -2.41. The summed E-state index contributed by atoms with van der Waals surface area (Å²) < 4.78 is 37.6. The molecule has 0 unspecified atom stereocenters. The van der Waals surface area contributed by atoms with Crippen LogP contribution in [0.5, 0.6) is 0 Å². The lowest BCUT2D eigenvalue weighted by atomic mass is 10.0. The lowest BCUT2D eigenvalue weighted by Gasteiger charge is -2.14. The van der Waals surface area contributed by atoms with Crippen molar-refractivity contribution in [3.63, 3.8) is 0 Å². The molecule has 55 heavy (non-hydrogen) atoms. The third kappa shape index (κ3) is 42.5. The summed E-state index contributed by atoms with van der Waals surface area (Å²) in [6.45, 7) is 6.17. The van der Waals surface area contributed by atoms with Gasteiger partial charge < -0.3 is 59.1 Å². The van der Waals surface area contributed by atoms with E-state index in [-0.39, 0.29) is 50.6 Å². The van der Waals surface area contributed by atoms with Gasteiger partial charge in [-0.3, -0.25) is 14.4 Å².